The first kappa shape index (κ1) is 26.6. The van der Waals surface area contributed by atoms with Crippen LogP contribution in [-0.4, -0.2) is 100 Å². The van der Waals surface area contributed by atoms with Crippen LogP contribution in [0.3, 0.4) is 0 Å². The molecule has 0 aromatic heterocycles. The van der Waals surface area contributed by atoms with Crippen molar-refractivity contribution in [3.05, 3.63) is 29.3 Å². The van der Waals surface area contributed by atoms with Crippen LogP contribution in [0.25, 0.3) is 0 Å². The molecule has 0 spiro atoms. The topological polar surface area (TPSA) is 116 Å². The first-order valence-electron chi connectivity index (χ1n) is 11.6. The first-order chi connectivity index (χ1) is 16.1. The largest absolute Gasteiger partial charge is 0.369 e. The van der Waals surface area contributed by atoms with Gasteiger partial charge in [-0.3, -0.25) is 14.5 Å². The minimum Gasteiger partial charge on any atom is -0.369 e. The molecule has 1 atom stereocenters. The normalized spacial score (nSPS) is 18.0. The molecule has 0 saturated carbocycles. The summed E-state index contributed by atoms with van der Waals surface area (Å²) in [5.74, 6) is -0.389. The Labute approximate surface area is 196 Å². The monoisotopic (exact) mass is 459 g/mol. The summed E-state index contributed by atoms with van der Waals surface area (Å²) in [6, 6.07) is 5.24. The number of benzene rings is 1. The number of nitrogens with zero attached hydrogens (tertiary/aromatic N) is 3. The number of nitrogens with one attached hydrogen (secondary N) is 1. The fourth-order valence-corrected chi connectivity index (χ4v) is 4.48. The van der Waals surface area contributed by atoms with Gasteiger partial charge in [-0.05, 0) is 57.6 Å². The van der Waals surface area contributed by atoms with Gasteiger partial charge in [-0.2, -0.15) is 0 Å². The van der Waals surface area contributed by atoms with Crippen LogP contribution in [0.2, 0.25) is 0 Å². The second-order valence-electron chi connectivity index (χ2n) is 8.26. The number of hydrogen-bond acceptors (Lipinski definition) is 8. The van der Waals surface area contributed by atoms with Crippen molar-refractivity contribution in [1.82, 2.24) is 15.1 Å². The zero-order valence-corrected chi connectivity index (χ0v) is 19.7. The van der Waals surface area contributed by atoms with Gasteiger partial charge >= 0.3 is 0 Å². The molecule has 0 aliphatic carbocycles. The molecule has 33 heavy (non-hydrogen) atoms. The summed E-state index contributed by atoms with van der Waals surface area (Å²) in [5, 5.41) is 3.41. The molecule has 1 unspecified atom stereocenters. The van der Waals surface area contributed by atoms with E-state index in [-0.39, 0.29) is 24.3 Å². The van der Waals surface area contributed by atoms with Crippen molar-refractivity contribution in [3.8, 4) is 0 Å². The van der Waals surface area contributed by atoms with Gasteiger partial charge in [0.25, 0.3) is 5.91 Å². The van der Waals surface area contributed by atoms with E-state index in [2.05, 4.69) is 20.9 Å². The summed E-state index contributed by atoms with van der Waals surface area (Å²) < 4.78 is 0. The molecule has 1 aromatic carbocycles. The molecule has 2 aliphatic heterocycles. The maximum absolute atomic E-state index is 13.1. The van der Waals surface area contributed by atoms with Crippen molar-refractivity contribution in [2.45, 2.75) is 37.8 Å². The summed E-state index contributed by atoms with van der Waals surface area (Å²) in [5.41, 5.74) is 5.99. The van der Waals surface area contributed by atoms with Crippen LogP contribution in [0.5, 0.6) is 0 Å². The van der Waals surface area contributed by atoms with Crippen molar-refractivity contribution in [1.29, 1.82) is 0 Å². The van der Waals surface area contributed by atoms with Crippen molar-refractivity contribution < 1.29 is 19.2 Å². The Morgan fingerprint density at radius 3 is 2.39 bits per heavy atom. The van der Waals surface area contributed by atoms with Crippen LogP contribution >= 0.6 is 0 Å². The van der Waals surface area contributed by atoms with Gasteiger partial charge in [0, 0.05) is 56.9 Å². The molecule has 1 amide bonds. The van der Waals surface area contributed by atoms with Gasteiger partial charge < -0.3 is 30.4 Å². The molecular weight excluding hydrogens is 422 g/mol. The lowest BCUT2D eigenvalue weighted by Gasteiger charge is -2.41. The van der Waals surface area contributed by atoms with E-state index in [1.54, 1.807) is 12.1 Å². The maximum Gasteiger partial charge on any atom is 0.255 e. The number of carbonyl (C=O) groups is 4. The predicted molar refractivity (Wildman–Crippen MR) is 129 cm³/mol. The number of piperazine rings is 1. The summed E-state index contributed by atoms with van der Waals surface area (Å²) in [6.07, 6.45) is 4.90. The zero-order valence-electron chi connectivity index (χ0n) is 19.7. The number of amides is 1. The van der Waals surface area contributed by atoms with E-state index in [4.69, 9.17) is 0 Å². The van der Waals surface area contributed by atoms with Crippen molar-refractivity contribution >= 4 is 30.5 Å². The second-order valence-corrected chi connectivity index (χ2v) is 8.26. The molecule has 3 N–H and O–H groups in total. The van der Waals surface area contributed by atoms with Gasteiger partial charge in [0.1, 0.15) is 12.6 Å². The first-order valence-corrected chi connectivity index (χ1v) is 11.6. The van der Waals surface area contributed by atoms with Crippen molar-refractivity contribution in [3.63, 3.8) is 0 Å². The highest BCUT2D eigenvalue weighted by Gasteiger charge is 2.27. The Hall–Kier alpha value is -2.62. The Balaban J connectivity index is 0.00000187. The fourth-order valence-electron chi connectivity index (χ4n) is 4.48. The predicted octanol–water partition coefficient (Wildman–Crippen LogP) is 0.567. The van der Waals surface area contributed by atoms with Crippen LogP contribution in [0.1, 0.15) is 46.4 Å². The lowest BCUT2D eigenvalue weighted by atomic mass is 10.0. The van der Waals surface area contributed by atoms with Gasteiger partial charge in [0.05, 0.1) is 11.6 Å². The highest BCUT2D eigenvalue weighted by Crippen LogP contribution is 2.24. The molecule has 9 heteroatoms. The standard InChI is InChI=1S/C23H32N4O4.CH5N/c1-25(21(17-30)3-2-14-28)23(31)22-15-20(5-4-18(22)16-29)27-12-10-26(11-13-27)19-6-8-24-9-7-19;1-2/h4-5,14-17,19,21,24H,2-3,6-13H2,1H3;2H2,1H3. The molecule has 9 nitrogen and oxygen atoms in total. The minimum absolute atomic E-state index is 0.197. The lowest BCUT2D eigenvalue weighted by Crippen LogP contribution is -2.52. The zero-order chi connectivity index (χ0) is 24.2. The number of likely N-dealkylation sites (N-methyl/N-ethyl adjacent to an activating group) is 1. The van der Waals surface area contributed by atoms with Gasteiger partial charge in [-0.15, -0.1) is 0 Å². The van der Waals surface area contributed by atoms with Crippen molar-refractivity contribution in [2.24, 2.45) is 5.73 Å². The van der Waals surface area contributed by atoms with E-state index in [0.29, 0.717) is 24.2 Å². The van der Waals surface area contributed by atoms with Crippen LogP contribution in [0.4, 0.5) is 5.69 Å². The Kier molecular flexibility index (Phi) is 11.2. The Bertz CT molecular complexity index is 789. The third kappa shape index (κ3) is 6.93. The van der Waals surface area contributed by atoms with E-state index >= 15 is 0 Å². The van der Waals surface area contributed by atoms with Crippen molar-refractivity contribution in [2.75, 3.05) is 58.3 Å². The molecule has 2 heterocycles. The van der Waals surface area contributed by atoms with Crippen LogP contribution in [-0.2, 0) is 9.59 Å². The Morgan fingerprint density at radius 1 is 1.15 bits per heavy atom. The molecule has 2 aliphatic rings. The highest BCUT2D eigenvalue weighted by atomic mass is 16.2. The quantitative estimate of drug-likeness (QED) is 0.515. The summed E-state index contributed by atoms with van der Waals surface area (Å²) in [7, 11) is 3.03. The van der Waals surface area contributed by atoms with Gasteiger partial charge in [-0.25, -0.2) is 0 Å². The van der Waals surface area contributed by atoms with E-state index in [1.165, 1.54) is 31.8 Å². The molecule has 182 valence electrons. The highest BCUT2D eigenvalue weighted by molar-refractivity contribution is 6.03. The summed E-state index contributed by atoms with van der Waals surface area (Å²) in [6.45, 7) is 5.83. The number of rotatable bonds is 9. The van der Waals surface area contributed by atoms with E-state index in [0.717, 1.165) is 51.2 Å². The molecule has 3 rings (SSSR count). The molecule has 0 bridgehead atoms. The molecule has 1 aromatic rings. The van der Waals surface area contributed by atoms with Gasteiger partial charge in [0.2, 0.25) is 0 Å². The number of anilines is 1. The number of carbonyl (C=O) groups excluding carboxylic acids is 4. The minimum atomic E-state index is -0.700. The third-order valence-electron chi connectivity index (χ3n) is 6.45. The van der Waals surface area contributed by atoms with Gasteiger partial charge in [0.15, 0.2) is 6.29 Å². The third-order valence-corrected chi connectivity index (χ3v) is 6.45. The van der Waals surface area contributed by atoms with Crippen LogP contribution in [0.15, 0.2) is 18.2 Å². The molecule has 2 saturated heterocycles. The van der Waals surface area contributed by atoms with E-state index in [9.17, 15) is 19.2 Å². The number of nitrogens with two attached hydrogens (primary N) is 1. The van der Waals surface area contributed by atoms with Crippen LogP contribution in [0, 0.1) is 0 Å². The van der Waals surface area contributed by atoms with Crippen LogP contribution < -0.4 is 16.0 Å². The average molecular weight is 460 g/mol. The average Bonchev–Trinajstić information content (AvgIpc) is 2.90. The van der Waals surface area contributed by atoms with E-state index in [1.807, 2.05) is 6.07 Å². The number of hydrogen-bond donors (Lipinski definition) is 2. The smallest absolute Gasteiger partial charge is 0.255 e. The fraction of sp³-hybridized carbons (Fsp3) is 0.583. The Morgan fingerprint density at radius 2 is 1.82 bits per heavy atom. The SMILES string of the molecule is CN.CN(C(=O)c1cc(N2CCN(C3CCNCC3)CC2)ccc1C=O)C(C=O)CCC=O. The van der Waals surface area contributed by atoms with E-state index < -0.39 is 6.04 Å². The number of piperidine rings is 1. The second kappa shape index (κ2) is 13.8. The maximum atomic E-state index is 13.1. The van der Waals surface area contributed by atoms with Gasteiger partial charge in [-0.1, -0.05) is 0 Å². The summed E-state index contributed by atoms with van der Waals surface area (Å²) >= 11 is 0. The molecule has 0 radical (unpaired) electrons. The number of aldehydes is 3. The molecule has 2 fully saturated rings. The summed E-state index contributed by atoms with van der Waals surface area (Å²) in [4.78, 5) is 52.8. The molecular formula is C24H37N5O4. The lowest BCUT2D eigenvalue weighted by molar-refractivity contribution is -0.112.